The van der Waals surface area contributed by atoms with E-state index in [4.69, 9.17) is 4.74 Å². The molecule has 0 fully saturated rings. The number of fused-ring (bicyclic) bond motifs is 1. The van der Waals surface area contributed by atoms with Crippen LogP contribution in [0.3, 0.4) is 0 Å². The molecule has 0 amide bonds. The summed E-state index contributed by atoms with van der Waals surface area (Å²) in [5, 5.41) is 0. The summed E-state index contributed by atoms with van der Waals surface area (Å²) in [6, 6.07) is 0. The van der Waals surface area contributed by atoms with Gasteiger partial charge < -0.3 is 9.30 Å². The molecule has 0 aliphatic heterocycles. The Labute approximate surface area is 82.9 Å². The summed E-state index contributed by atoms with van der Waals surface area (Å²) in [5.74, 6) is -0.0836. The van der Waals surface area contributed by atoms with Crippen molar-refractivity contribution in [2.45, 2.75) is 19.3 Å². The summed E-state index contributed by atoms with van der Waals surface area (Å²) >= 11 is 0. The minimum Gasteiger partial charge on any atom is -0.469 e. The fraction of sp³-hybridized carbons (Fsp3) is 0.600. The van der Waals surface area contributed by atoms with Crippen LogP contribution in [0.2, 0.25) is 0 Å². The van der Waals surface area contributed by atoms with Crippen molar-refractivity contribution in [3.63, 3.8) is 0 Å². The van der Waals surface area contributed by atoms with E-state index in [1.807, 2.05) is 17.9 Å². The molecule has 1 atom stereocenters. The number of aryl methyl sites for hydroxylation is 2. The van der Waals surface area contributed by atoms with E-state index in [0.717, 1.165) is 25.0 Å². The third-order valence-corrected chi connectivity index (χ3v) is 2.85. The average Bonchev–Trinajstić information content (AvgIpc) is 2.59. The Balaban J connectivity index is 2.20. The number of carbonyl (C=O) groups excluding carboxylic acids is 1. The molecule has 1 unspecified atom stereocenters. The number of ether oxygens (including phenoxy) is 1. The maximum atomic E-state index is 11.4. The summed E-state index contributed by atoms with van der Waals surface area (Å²) in [6.45, 7) is 0. The Morgan fingerprint density at radius 3 is 3.21 bits per heavy atom. The Morgan fingerprint density at radius 2 is 2.50 bits per heavy atom. The fourth-order valence-corrected chi connectivity index (χ4v) is 1.99. The number of nitrogens with zero attached hydrogens (tertiary/aromatic N) is 2. The SMILES string of the molecule is COC(=O)C1CCc2ncn(C)c2C1. The number of imidazole rings is 1. The van der Waals surface area contributed by atoms with E-state index >= 15 is 0 Å². The lowest BCUT2D eigenvalue weighted by atomic mass is 9.90. The Kier molecular flexibility index (Phi) is 2.27. The van der Waals surface area contributed by atoms with Gasteiger partial charge in [-0.25, -0.2) is 4.98 Å². The van der Waals surface area contributed by atoms with Gasteiger partial charge >= 0.3 is 5.97 Å². The fourth-order valence-electron chi connectivity index (χ4n) is 1.99. The van der Waals surface area contributed by atoms with Crippen LogP contribution in [0, 0.1) is 5.92 Å². The van der Waals surface area contributed by atoms with Crippen LogP contribution < -0.4 is 0 Å². The van der Waals surface area contributed by atoms with Crippen molar-refractivity contribution in [3.8, 4) is 0 Å². The molecule has 1 aliphatic rings. The van der Waals surface area contributed by atoms with Gasteiger partial charge in [-0.2, -0.15) is 0 Å². The second-order valence-corrected chi connectivity index (χ2v) is 3.71. The highest BCUT2D eigenvalue weighted by molar-refractivity contribution is 5.73. The first-order valence-corrected chi connectivity index (χ1v) is 4.79. The minimum absolute atomic E-state index is 0.0166. The molecule has 0 aromatic carbocycles. The Bertz CT molecular complexity index is 357. The Morgan fingerprint density at radius 1 is 1.71 bits per heavy atom. The summed E-state index contributed by atoms with van der Waals surface area (Å²) in [6.07, 6.45) is 4.31. The average molecular weight is 194 g/mol. The maximum Gasteiger partial charge on any atom is 0.309 e. The maximum absolute atomic E-state index is 11.4. The molecule has 2 rings (SSSR count). The number of rotatable bonds is 1. The predicted molar refractivity (Wildman–Crippen MR) is 50.7 cm³/mol. The predicted octanol–water partition coefficient (Wildman–Crippen LogP) is 0.698. The number of methoxy groups -OCH3 is 1. The molecule has 14 heavy (non-hydrogen) atoms. The molecule has 0 saturated heterocycles. The number of hydrogen-bond donors (Lipinski definition) is 0. The molecule has 4 nitrogen and oxygen atoms in total. The lowest BCUT2D eigenvalue weighted by molar-refractivity contribution is -0.145. The van der Waals surface area contributed by atoms with Crippen LogP contribution in [-0.2, 0) is 29.4 Å². The highest BCUT2D eigenvalue weighted by Gasteiger charge is 2.27. The molecule has 0 saturated carbocycles. The van der Waals surface area contributed by atoms with Crippen LogP contribution in [0.15, 0.2) is 6.33 Å². The van der Waals surface area contributed by atoms with Crippen molar-refractivity contribution in [3.05, 3.63) is 17.7 Å². The summed E-state index contributed by atoms with van der Waals surface area (Å²) in [4.78, 5) is 15.6. The van der Waals surface area contributed by atoms with Crippen LogP contribution in [0.25, 0.3) is 0 Å². The molecule has 0 N–H and O–H groups in total. The van der Waals surface area contributed by atoms with Crippen LogP contribution in [0.5, 0.6) is 0 Å². The van der Waals surface area contributed by atoms with Gasteiger partial charge in [0.1, 0.15) is 0 Å². The van der Waals surface area contributed by atoms with Crippen molar-refractivity contribution in [2.75, 3.05) is 7.11 Å². The zero-order valence-electron chi connectivity index (χ0n) is 8.49. The first-order chi connectivity index (χ1) is 6.72. The molecule has 1 heterocycles. The van der Waals surface area contributed by atoms with Crippen molar-refractivity contribution in [1.29, 1.82) is 0 Å². The van der Waals surface area contributed by atoms with Gasteiger partial charge in [0.25, 0.3) is 0 Å². The summed E-state index contributed by atoms with van der Waals surface area (Å²) < 4.78 is 6.74. The third kappa shape index (κ3) is 1.41. The van der Waals surface area contributed by atoms with E-state index < -0.39 is 0 Å². The molecule has 1 aromatic heterocycles. The first-order valence-electron chi connectivity index (χ1n) is 4.79. The Hall–Kier alpha value is -1.32. The zero-order chi connectivity index (χ0) is 10.1. The largest absolute Gasteiger partial charge is 0.469 e. The molecule has 0 bridgehead atoms. The third-order valence-electron chi connectivity index (χ3n) is 2.85. The van der Waals surface area contributed by atoms with Crippen LogP contribution >= 0.6 is 0 Å². The van der Waals surface area contributed by atoms with Gasteiger partial charge in [0.05, 0.1) is 25.0 Å². The van der Waals surface area contributed by atoms with Gasteiger partial charge in [-0.05, 0) is 12.8 Å². The minimum atomic E-state index is -0.100. The van der Waals surface area contributed by atoms with E-state index in [1.165, 1.54) is 12.8 Å². The van der Waals surface area contributed by atoms with Gasteiger partial charge in [-0.15, -0.1) is 0 Å². The van der Waals surface area contributed by atoms with Gasteiger partial charge in [-0.3, -0.25) is 4.79 Å². The van der Waals surface area contributed by atoms with Crippen LogP contribution in [-0.4, -0.2) is 22.6 Å². The number of carbonyl (C=O) groups is 1. The molecule has 1 aliphatic carbocycles. The number of aromatic nitrogens is 2. The van der Waals surface area contributed by atoms with Gasteiger partial charge in [-0.1, -0.05) is 0 Å². The molecule has 76 valence electrons. The topological polar surface area (TPSA) is 44.1 Å². The van der Waals surface area contributed by atoms with E-state index in [2.05, 4.69) is 4.98 Å². The summed E-state index contributed by atoms with van der Waals surface area (Å²) in [7, 11) is 3.41. The second kappa shape index (κ2) is 3.44. The molecule has 0 spiro atoms. The number of hydrogen-bond acceptors (Lipinski definition) is 3. The van der Waals surface area contributed by atoms with Gasteiger partial charge in [0, 0.05) is 19.2 Å². The molecule has 4 heteroatoms. The zero-order valence-corrected chi connectivity index (χ0v) is 8.49. The van der Waals surface area contributed by atoms with E-state index in [1.54, 1.807) is 0 Å². The lowest BCUT2D eigenvalue weighted by Crippen LogP contribution is -2.24. The normalized spacial score (nSPS) is 20.3. The number of esters is 1. The van der Waals surface area contributed by atoms with Crippen LogP contribution in [0.1, 0.15) is 17.8 Å². The van der Waals surface area contributed by atoms with Crippen molar-refractivity contribution in [1.82, 2.24) is 9.55 Å². The second-order valence-electron chi connectivity index (χ2n) is 3.71. The first kappa shape index (κ1) is 9.24. The van der Waals surface area contributed by atoms with Crippen molar-refractivity contribution >= 4 is 5.97 Å². The molecular weight excluding hydrogens is 180 g/mol. The van der Waals surface area contributed by atoms with E-state index in [9.17, 15) is 4.79 Å². The summed E-state index contributed by atoms with van der Waals surface area (Å²) in [5.41, 5.74) is 2.30. The monoisotopic (exact) mass is 194 g/mol. The highest BCUT2D eigenvalue weighted by Crippen LogP contribution is 2.24. The van der Waals surface area contributed by atoms with E-state index in [-0.39, 0.29) is 11.9 Å². The van der Waals surface area contributed by atoms with E-state index in [0.29, 0.717) is 0 Å². The van der Waals surface area contributed by atoms with Gasteiger partial charge in [0.2, 0.25) is 0 Å². The molecule has 1 aromatic rings. The lowest BCUT2D eigenvalue weighted by Gasteiger charge is -2.20. The molecular formula is C10H14N2O2. The standard InChI is InChI=1S/C10H14N2O2/c1-12-6-11-8-4-3-7(5-9(8)12)10(13)14-2/h6-7H,3-5H2,1-2H3. The van der Waals surface area contributed by atoms with Gasteiger partial charge in [0.15, 0.2) is 0 Å². The highest BCUT2D eigenvalue weighted by atomic mass is 16.5. The van der Waals surface area contributed by atoms with Crippen LogP contribution in [0.4, 0.5) is 0 Å². The molecule has 0 radical (unpaired) electrons. The van der Waals surface area contributed by atoms with Crippen molar-refractivity contribution in [2.24, 2.45) is 13.0 Å². The van der Waals surface area contributed by atoms with Crippen molar-refractivity contribution < 1.29 is 9.53 Å². The quantitative estimate of drug-likeness (QED) is 0.618. The smallest absolute Gasteiger partial charge is 0.309 e.